The van der Waals surface area contributed by atoms with Crippen molar-refractivity contribution in [3.8, 4) is 16.9 Å². The van der Waals surface area contributed by atoms with Crippen LogP contribution < -0.4 is 5.56 Å². The van der Waals surface area contributed by atoms with Crippen LogP contribution in [0.4, 0.5) is 0 Å². The van der Waals surface area contributed by atoms with Crippen molar-refractivity contribution in [1.82, 2.24) is 4.98 Å². The van der Waals surface area contributed by atoms with Crippen molar-refractivity contribution < 1.29 is 5.11 Å². The van der Waals surface area contributed by atoms with Gasteiger partial charge in [0, 0.05) is 17.0 Å². The number of phenolic OH excluding ortho intramolecular Hbond substituents is 1. The standard InChI is InChI=1S/C17H15NO2/c1-10-5-3-4-6-12(10)14-9-16(20)18-17-11(2)15(19)8-7-13(14)17/h3-9,19H,1-2H3,(H,18,20). The van der Waals surface area contributed by atoms with E-state index in [2.05, 4.69) is 4.98 Å². The summed E-state index contributed by atoms with van der Waals surface area (Å²) in [5.41, 5.74) is 4.26. The van der Waals surface area contributed by atoms with Crippen LogP contribution >= 0.6 is 0 Å². The minimum absolute atomic E-state index is 0.163. The summed E-state index contributed by atoms with van der Waals surface area (Å²) in [6, 6.07) is 13.1. The molecule has 100 valence electrons. The summed E-state index contributed by atoms with van der Waals surface area (Å²) in [5, 5.41) is 10.7. The van der Waals surface area contributed by atoms with Crippen molar-refractivity contribution in [2.45, 2.75) is 13.8 Å². The fourth-order valence-corrected chi connectivity index (χ4v) is 2.55. The Morgan fingerprint density at radius 3 is 2.50 bits per heavy atom. The first-order chi connectivity index (χ1) is 9.58. The van der Waals surface area contributed by atoms with Crippen molar-refractivity contribution in [3.63, 3.8) is 0 Å². The quantitative estimate of drug-likeness (QED) is 0.707. The SMILES string of the molecule is Cc1ccccc1-c1cc(=O)[nH]c2c(C)c(O)ccc12. The first kappa shape index (κ1) is 12.5. The molecule has 0 saturated heterocycles. The van der Waals surface area contributed by atoms with E-state index in [9.17, 15) is 9.90 Å². The first-order valence-electron chi connectivity index (χ1n) is 6.49. The van der Waals surface area contributed by atoms with Crippen LogP contribution in [0.15, 0.2) is 47.3 Å². The third kappa shape index (κ3) is 1.88. The molecule has 3 heteroatoms. The number of aromatic amines is 1. The monoisotopic (exact) mass is 265 g/mol. The van der Waals surface area contributed by atoms with Gasteiger partial charge in [0.05, 0.1) is 5.52 Å². The lowest BCUT2D eigenvalue weighted by molar-refractivity contribution is 0.472. The Labute approximate surface area is 116 Å². The summed E-state index contributed by atoms with van der Waals surface area (Å²) in [6.45, 7) is 3.82. The molecular weight excluding hydrogens is 250 g/mol. The van der Waals surface area contributed by atoms with Gasteiger partial charge in [-0.3, -0.25) is 4.79 Å². The van der Waals surface area contributed by atoms with Crippen LogP contribution in [-0.4, -0.2) is 10.1 Å². The molecule has 3 rings (SSSR count). The van der Waals surface area contributed by atoms with Crippen LogP contribution in [0.5, 0.6) is 5.75 Å². The number of H-pyrrole nitrogens is 1. The van der Waals surface area contributed by atoms with Crippen LogP contribution in [0.3, 0.4) is 0 Å². The predicted octanol–water partition coefficient (Wildman–Crippen LogP) is 3.52. The fourth-order valence-electron chi connectivity index (χ4n) is 2.55. The molecule has 0 amide bonds. The van der Waals surface area contributed by atoms with Gasteiger partial charge in [-0.05, 0) is 42.7 Å². The lowest BCUT2D eigenvalue weighted by atomic mass is 9.96. The van der Waals surface area contributed by atoms with E-state index in [-0.39, 0.29) is 11.3 Å². The number of nitrogens with one attached hydrogen (secondary N) is 1. The summed E-state index contributed by atoms with van der Waals surface area (Å²) >= 11 is 0. The lowest BCUT2D eigenvalue weighted by Gasteiger charge is -2.11. The minimum atomic E-state index is -0.163. The molecule has 0 radical (unpaired) electrons. The second-order valence-electron chi connectivity index (χ2n) is 4.99. The van der Waals surface area contributed by atoms with Crippen LogP contribution in [0, 0.1) is 13.8 Å². The third-order valence-electron chi connectivity index (χ3n) is 3.69. The van der Waals surface area contributed by atoms with E-state index in [1.807, 2.05) is 37.3 Å². The Bertz CT molecular complexity index is 862. The first-order valence-corrected chi connectivity index (χ1v) is 6.49. The molecule has 1 aromatic heterocycles. The van der Waals surface area contributed by atoms with Gasteiger partial charge in [-0.25, -0.2) is 0 Å². The van der Waals surface area contributed by atoms with Gasteiger partial charge in [0.15, 0.2) is 0 Å². The fraction of sp³-hybridized carbons (Fsp3) is 0.118. The molecule has 3 aromatic rings. The Kier molecular flexibility index (Phi) is 2.83. The lowest BCUT2D eigenvalue weighted by Crippen LogP contribution is -2.06. The topological polar surface area (TPSA) is 53.1 Å². The van der Waals surface area contributed by atoms with E-state index in [0.29, 0.717) is 11.1 Å². The third-order valence-corrected chi connectivity index (χ3v) is 3.69. The Hall–Kier alpha value is -2.55. The summed E-state index contributed by atoms with van der Waals surface area (Å²) in [5.74, 6) is 0.190. The maximum absolute atomic E-state index is 11.9. The maximum atomic E-state index is 11.9. The number of fused-ring (bicyclic) bond motifs is 1. The molecule has 3 nitrogen and oxygen atoms in total. The molecule has 0 aliphatic rings. The molecule has 2 N–H and O–H groups in total. The number of hydrogen-bond acceptors (Lipinski definition) is 2. The summed E-state index contributed by atoms with van der Waals surface area (Å²) in [7, 11) is 0. The number of phenols is 1. The summed E-state index contributed by atoms with van der Waals surface area (Å²) in [6.07, 6.45) is 0. The molecule has 0 spiro atoms. The van der Waals surface area contributed by atoms with E-state index in [4.69, 9.17) is 0 Å². The molecule has 0 atom stereocenters. The second-order valence-corrected chi connectivity index (χ2v) is 4.99. The number of aryl methyl sites for hydroxylation is 2. The Balaban J connectivity index is 2.46. The molecule has 0 bridgehead atoms. The van der Waals surface area contributed by atoms with E-state index >= 15 is 0 Å². The zero-order valence-electron chi connectivity index (χ0n) is 11.4. The van der Waals surface area contributed by atoms with Crippen LogP contribution in [-0.2, 0) is 0 Å². The number of benzene rings is 2. The summed E-state index contributed by atoms with van der Waals surface area (Å²) in [4.78, 5) is 14.7. The average Bonchev–Trinajstić information content (AvgIpc) is 2.43. The van der Waals surface area contributed by atoms with E-state index in [0.717, 1.165) is 22.1 Å². The molecule has 20 heavy (non-hydrogen) atoms. The van der Waals surface area contributed by atoms with Gasteiger partial charge in [-0.15, -0.1) is 0 Å². The molecule has 0 aliphatic carbocycles. The molecular formula is C17H15NO2. The van der Waals surface area contributed by atoms with Crippen LogP contribution in [0.25, 0.3) is 22.0 Å². The van der Waals surface area contributed by atoms with E-state index < -0.39 is 0 Å². The van der Waals surface area contributed by atoms with Gasteiger partial charge in [-0.1, -0.05) is 24.3 Å². The number of hydrogen-bond donors (Lipinski definition) is 2. The maximum Gasteiger partial charge on any atom is 0.249 e. The minimum Gasteiger partial charge on any atom is -0.508 e. The molecule has 1 heterocycles. The highest BCUT2D eigenvalue weighted by atomic mass is 16.3. The van der Waals surface area contributed by atoms with Gasteiger partial charge in [0.1, 0.15) is 5.75 Å². The van der Waals surface area contributed by atoms with Crippen molar-refractivity contribution in [1.29, 1.82) is 0 Å². The van der Waals surface area contributed by atoms with E-state index in [1.165, 1.54) is 0 Å². The highest BCUT2D eigenvalue weighted by Crippen LogP contribution is 2.32. The zero-order chi connectivity index (χ0) is 14.3. The average molecular weight is 265 g/mol. The number of rotatable bonds is 1. The van der Waals surface area contributed by atoms with Crippen molar-refractivity contribution in [2.75, 3.05) is 0 Å². The Morgan fingerprint density at radius 2 is 1.75 bits per heavy atom. The van der Waals surface area contributed by atoms with Crippen molar-refractivity contribution in [2.24, 2.45) is 0 Å². The van der Waals surface area contributed by atoms with Crippen LogP contribution in [0.2, 0.25) is 0 Å². The van der Waals surface area contributed by atoms with Gasteiger partial charge in [0.2, 0.25) is 5.56 Å². The predicted molar refractivity (Wildman–Crippen MR) is 81.1 cm³/mol. The number of aromatic nitrogens is 1. The normalized spacial score (nSPS) is 10.9. The largest absolute Gasteiger partial charge is 0.508 e. The van der Waals surface area contributed by atoms with Gasteiger partial charge in [0.25, 0.3) is 0 Å². The molecule has 0 saturated carbocycles. The molecule has 0 unspecified atom stereocenters. The molecule has 0 fully saturated rings. The highest BCUT2D eigenvalue weighted by Gasteiger charge is 2.11. The molecule has 0 aliphatic heterocycles. The Morgan fingerprint density at radius 1 is 1.00 bits per heavy atom. The number of aromatic hydroxyl groups is 1. The van der Waals surface area contributed by atoms with Crippen molar-refractivity contribution in [3.05, 3.63) is 63.9 Å². The van der Waals surface area contributed by atoms with Crippen LogP contribution in [0.1, 0.15) is 11.1 Å². The number of pyridine rings is 1. The summed E-state index contributed by atoms with van der Waals surface area (Å²) < 4.78 is 0. The second kappa shape index (κ2) is 4.53. The van der Waals surface area contributed by atoms with Crippen molar-refractivity contribution >= 4 is 10.9 Å². The molecule has 2 aromatic carbocycles. The smallest absolute Gasteiger partial charge is 0.249 e. The zero-order valence-corrected chi connectivity index (χ0v) is 11.4. The van der Waals surface area contributed by atoms with Gasteiger partial charge in [-0.2, -0.15) is 0 Å². The van der Waals surface area contributed by atoms with Gasteiger partial charge < -0.3 is 10.1 Å². The highest BCUT2D eigenvalue weighted by molar-refractivity contribution is 5.97. The van der Waals surface area contributed by atoms with E-state index in [1.54, 1.807) is 19.1 Å². The van der Waals surface area contributed by atoms with Gasteiger partial charge >= 0.3 is 0 Å².